The molecule has 0 aromatic heterocycles. The van der Waals surface area contributed by atoms with Gasteiger partial charge in [-0.05, 0) is 116 Å². The van der Waals surface area contributed by atoms with Crippen molar-refractivity contribution in [3.05, 3.63) is 129 Å². The van der Waals surface area contributed by atoms with Crippen molar-refractivity contribution in [3.63, 3.8) is 0 Å². The van der Waals surface area contributed by atoms with Crippen molar-refractivity contribution in [2.24, 2.45) is 17.6 Å². The lowest BCUT2D eigenvalue weighted by molar-refractivity contribution is -0.141. The van der Waals surface area contributed by atoms with Crippen molar-refractivity contribution >= 4 is 12.0 Å². The Balaban J connectivity index is 1.24. The zero-order valence-corrected chi connectivity index (χ0v) is 37.5. The van der Waals surface area contributed by atoms with Gasteiger partial charge in [0, 0.05) is 59.2 Å². The number of carbonyl (C=O) groups is 1. The Bertz CT molecular complexity index is 2700. The lowest BCUT2D eigenvalue weighted by atomic mass is 9.64. The summed E-state index contributed by atoms with van der Waals surface area (Å²) in [6.45, 7) is 2.04. The SMILES string of the molecule is CNCC1Oc2c(O)cc3c(c2C=CC1NC)C1Oc2c(ccc4c2C2(CCC(C2)C(CCc2ccccc2)C2=C(C#CC3)NC(N)C=C2)Cc2cc(O)cc(OC)c2-4)C1COC(C)=O. The first kappa shape index (κ1) is 42.7. The molecule has 4 heterocycles. The fraction of sp³-hybridized carbons (Fsp3) is 0.389. The van der Waals surface area contributed by atoms with E-state index in [9.17, 15) is 15.0 Å². The molecule has 1 fully saturated rings. The third-order valence-corrected chi connectivity index (χ3v) is 14.7. The first-order valence-electron chi connectivity index (χ1n) is 23.0. The number of phenolic OH excluding ortho intramolecular Hbond substituents is 2. The second-order valence-corrected chi connectivity index (χ2v) is 18.6. The Hall–Kier alpha value is -6.19. The first-order chi connectivity index (χ1) is 31.6. The number of nitrogens with one attached hydrogen (secondary N) is 3. The molecule has 6 aliphatic rings. The van der Waals surface area contributed by atoms with E-state index in [0.717, 1.165) is 88.1 Å². The summed E-state index contributed by atoms with van der Waals surface area (Å²) in [6, 6.07) is 20.2. The van der Waals surface area contributed by atoms with Crippen LogP contribution in [0.25, 0.3) is 17.2 Å². The number of allylic oxidation sites excluding steroid dienone is 3. The summed E-state index contributed by atoms with van der Waals surface area (Å²) < 4.78 is 26.3. The van der Waals surface area contributed by atoms with Crippen molar-refractivity contribution in [1.82, 2.24) is 16.0 Å². The molecule has 11 nitrogen and oxygen atoms in total. The highest BCUT2D eigenvalue weighted by molar-refractivity contribution is 5.84. The topological polar surface area (TPSA) is 157 Å². The van der Waals surface area contributed by atoms with E-state index in [4.69, 9.17) is 24.7 Å². The van der Waals surface area contributed by atoms with Gasteiger partial charge in [-0.15, -0.1) is 0 Å². The lowest BCUT2D eigenvalue weighted by Crippen LogP contribution is -2.44. The number of methoxy groups -OCH3 is 1. The number of ether oxygens (including phenoxy) is 4. The molecule has 4 aromatic carbocycles. The lowest BCUT2D eigenvalue weighted by Gasteiger charge is -2.40. The molecule has 65 heavy (non-hydrogen) atoms. The summed E-state index contributed by atoms with van der Waals surface area (Å²) >= 11 is 0. The van der Waals surface area contributed by atoms with E-state index >= 15 is 0 Å². The molecule has 4 aromatic rings. The number of dihydropyridines is 1. The van der Waals surface area contributed by atoms with Gasteiger partial charge in [-0.2, -0.15) is 0 Å². The number of aryl methyl sites for hydroxylation is 1. The van der Waals surface area contributed by atoms with Crippen LogP contribution in [-0.2, 0) is 34.2 Å². The second-order valence-electron chi connectivity index (χ2n) is 18.6. The van der Waals surface area contributed by atoms with E-state index in [0.29, 0.717) is 30.0 Å². The summed E-state index contributed by atoms with van der Waals surface area (Å²) in [5.41, 5.74) is 16.9. The van der Waals surface area contributed by atoms with E-state index in [2.05, 4.69) is 82.4 Å². The summed E-state index contributed by atoms with van der Waals surface area (Å²) in [6.07, 6.45) is 12.5. The molecular formula is C54H58N4O7. The van der Waals surface area contributed by atoms with Gasteiger partial charge in [0.15, 0.2) is 11.5 Å². The van der Waals surface area contributed by atoms with Crippen LogP contribution >= 0.6 is 0 Å². The normalized spacial score (nSPS) is 26.6. The van der Waals surface area contributed by atoms with Gasteiger partial charge in [0.1, 0.15) is 36.1 Å². The molecule has 7 N–H and O–H groups in total. The highest BCUT2D eigenvalue weighted by Gasteiger charge is 2.52. The van der Waals surface area contributed by atoms with Crippen LogP contribution in [-0.4, -0.2) is 68.9 Å². The van der Waals surface area contributed by atoms with E-state index in [1.165, 1.54) is 12.5 Å². The van der Waals surface area contributed by atoms with Crippen molar-refractivity contribution in [2.45, 2.75) is 87.6 Å². The second kappa shape index (κ2) is 17.3. The molecule has 4 bridgehead atoms. The average molecular weight is 875 g/mol. The zero-order valence-electron chi connectivity index (χ0n) is 37.5. The van der Waals surface area contributed by atoms with Gasteiger partial charge in [-0.3, -0.25) is 4.79 Å². The highest BCUT2D eigenvalue weighted by atomic mass is 16.5. The Labute approximate surface area is 381 Å². The summed E-state index contributed by atoms with van der Waals surface area (Å²) in [5, 5.41) is 33.2. The van der Waals surface area contributed by atoms with E-state index in [-0.39, 0.29) is 59.9 Å². The van der Waals surface area contributed by atoms with Crippen LogP contribution < -0.4 is 35.9 Å². The number of hydrogen-bond acceptors (Lipinski definition) is 11. The minimum Gasteiger partial charge on any atom is -0.508 e. The van der Waals surface area contributed by atoms with Gasteiger partial charge < -0.3 is 50.8 Å². The fourth-order valence-electron chi connectivity index (χ4n) is 11.9. The monoisotopic (exact) mass is 874 g/mol. The molecule has 1 spiro atoms. The van der Waals surface area contributed by atoms with Crippen LogP contribution in [0, 0.1) is 23.7 Å². The van der Waals surface area contributed by atoms with Gasteiger partial charge in [-0.25, -0.2) is 0 Å². The number of rotatable bonds is 9. The third kappa shape index (κ3) is 7.61. The molecule has 8 atom stereocenters. The maximum absolute atomic E-state index is 12.7. The zero-order chi connectivity index (χ0) is 45.0. The van der Waals surface area contributed by atoms with Crippen LogP contribution in [0.2, 0.25) is 0 Å². The van der Waals surface area contributed by atoms with Crippen molar-refractivity contribution < 1.29 is 34.0 Å². The predicted octanol–water partition coefficient (Wildman–Crippen LogP) is 7.24. The first-order valence-corrected chi connectivity index (χ1v) is 23.0. The Kier molecular flexibility index (Phi) is 11.4. The Morgan fingerprint density at radius 2 is 1.86 bits per heavy atom. The standard InChI is InChI=1S/C54H58N4O7/c1-30(59)63-29-41-38-15-16-39-48-34(23-35(60)25-45(48)62-4)27-54-22-21-33(26-54)36(14-13-31-9-6-5-7-10-31)37-18-20-47(55)58-42(37)12-8-11-32-24-44(61)51-40(49(32)52(41)65-53(38)50(39)54)17-19-43(57-3)46(64-51)28-56-2/h5-7,9-10,15-20,23-25,33,36,41,43,46-47,52,56-58,60-61H,11,13-14,21-22,26-29,55H2,1-4H3. The van der Waals surface area contributed by atoms with Crippen molar-refractivity contribution in [3.8, 4) is 51.7 Å². The largest absolute Gasteiger partial charge is 0.508 e. The quantitative estimate of drug-likeness (QED) is 0.0745. The number of aromatic hydroxyl groups is 2. The van der Waals surface area contributed by atoms with Crippen LogP contribution in [0.5, 0.6) is 28.7 Å². The van der Waals surface area contributed by atoms with Gasteiger partial charge in [-0.1, -0.05) is 66.6 Å². The van der Waals surface area contributed by atoms with Crippen LogP contribution in [0.3, 0.4) is 0 Å². The summed E-state index contributed by atoms with van der Waals surface area (Å²) in [7, 11) is 5.43. The molecule has 4 aliphatic heterocycles. The number of carbonyl (C=O) groups excluding carboxylic acids is 1. The number of phenols is 2. The van der Waals surface area contributed by atoms with Crippen molar-refractivity contribution in [2.75, 3.05) is 34.4 Å². The third-order valence-electron chi connectivity index (χ3n) is 14.7. The predicted molar refractivity (Wildman–Crippen MR) is 251 cm³/mol. The molecular weight excluding hydrogens is 817 g/mol. The number of hydrogen-bond donors (Lipinski definition) is 6. The molecule has 1 saturated carbocycles. The van der Waals surface area contributed by atoms with Gasteiger partial charge >= 0.3 is 5.97 Å². The molecule has 0 amide bonds. The molecule has 11 heteroatoms. The Morgan fingerprint density at radius 3 is 2.65 bits per heavy atom. The van der Waals surface area contributed by atoms with E-state index in [1.807, 2.05) is 32.3 Å². The maximum atomic E-state index is 12.7. The molecule has 10 rings (SSSR count). The van der Waals surface area contributed by atoms with Gasteiger partial charge in [0.25, 0.3) is 0 Å². The molecule has 0 saturated heterocycles. The van der Waals surface area contributed by atoms with Crippen LogP contribution in [0.1, 0.15) is 83.6 Å². The number of nitrogens with two attached hydrogens (primary N) is 1. The van der Waals surface area contributed by atoms with E-state index in [1.54, 1.807) is 19.2 Å². The number of fused-ring (bicyclic) bond motifs is 8. The fourth-order valence-corrected chi connectivity index (χ4v) is 11.9. The summed E-state index contributed by atoms with van der Waals surface area (Å²) in [5.74, 6) is 8.66. The minimum absolute atomic E-state index is 0.00949. The molecule has 0 radical (unpaired) electrons. The molecule has 336 valence electrons. The summed E-state index contributed by atoms with van der Waals surface area (Å²) in [4.78, 5) is 12.7. The van der Waals surface area contributed by atoms with Gasteiger partial charge in [0.05, 0.1) is 30.9 Å². The van der Waals surface area contributed by atoms with Gasteiger partial charge in [0.2, 0.25) is 0 Å². The average Bonchev–Trinajstić information content (AvgIpc) is 3.82. The van der Waals surface area contributed by atoms with Crippen LogP contribution in [0.4, 0.5) is 0 Å². The number of likely N-dealkylation sites (N-methyl/N-ethyl adjacent to an activating group) is 2. The minimum atomic E-state index is -0.649. The van der Waals surface area contributed by atoms with Crippen molar-refractivity contribution in [1.29, 1.82) is 0 Å². The highest BCUT2D eigenvalue weighted by Crippen LogP contribution is 2.64. The number of esters is 1. The van der Waals surface area contributed by atoms with Crippen LogP contribution in [0.15, 0.2) is 90.2 Å². The molecule has 2 aliphatic carbocycles. The number of benzene rings is 4. The smallest absolute Gasteiger partial charge is 0.302 e. The Morgan fingerprint density at radius 1 is 1.02 bits per heavy atom. The maximum Gasteiger partial charge on any atom is 0.302 e. The van der Waals surface area contributed by atoms with E-state index < -0.39 is 18.2 Å². The molecule has 8 unspecified atom stereocenters.